The Hall–Kier alpha value is -3.52. The molecule has 3 rings (SSSR count). The average Bonchev–Trinajstić information content (AvgIpc) is 2.99. The summed E-state index contributed by atoms with van der Waals surface area (Å²) >= 11 is 0. The lowest BCUT2D eigenvalue weighted by Crippen LogP contribution is -2.11. The minimum absolute atomic E-state index is 0.128. The van der Waals surface area contributed by atoms with E-state index < -0.39 is 5.97 Å². The van der Waals surface area contributed by atoms with Crippen molar-refractivity contribution in [3.63, 3.8) is 0 Å². The van der Waals surface area contributed by atoms with Crippen LogP contribution in [0.3, 0.4) is 0 Å². The van der Waals surface area contributed by atoms with Crippen molar-refractivity contribution in [3.05, 3.63) is 83.2 Å². The molecule has 3 aromatic rings. The number of methoxy groups -OCH3 is 1. The summed E-state index contributed by atoms with van der Waals surface area (Å²) in [6.07, 6.45) is 2.37. The molecule has 124 valence electrons. The van der Waals surface area contributed by atoms with E-state index in [1.807, 2.05) is 48.5 Å². The summed E-state index contributed by atoms with van der Waals surface area (Å²) in [6, 6.07) is 19.9. The van der Waals surface area contributed by atoms with Gasteiger partial charge in [0, 0.05) is 11.9 Å². The summed E-state index contributed by atoms with van der Waals surface area (Å²) in [5.74, 6) is -0.577. The molecule has 0 spiro atoms. The monoisotopic (exact) mass is 331 g/mol. The molecule has 0 amide bonds. The van der Waals surface area contributed by atoms with Crippen molar-refractivity contribution in [2.45, 2.75) is 6.42 Å². The fourth-order valence-corrected chi connectivity index (χ4v) is 2.72. The molecular weight excluding hydrogens is 314 g/mol. The molecule has 0 fully saturated rings. The molecular formula is C20H17N3O2. The maximum Gasteiger partial charge on any atom is 0.357 e. The Labute approximate surface area is 145 Å². The fourth-order valence-electron chi connectivity index (χ4n) is 2.72. The zero-order valence-electron chi connectivity index (χ0n) is 13.8. The predicted molar refractivity (Wildman–Crippen MR) is 95.5 cm³/mol. The van der Waals surface area contributed by atoms with E-state index in [1.54, 1.807) is 10.8 Å². The highest BCUT2D eigenvalue weighted by molar-refractivity contribution is 5.95. The van der Waals surface area contributed by atoms with Crippen LogP contribution in [0, 0.1) is 11.3 Å². The molecule has 25 heavy (non-hydrogen) atoms. The van der Waals surface area contributed by atoms with Crippen molar-refractivity contribution in [1.82, 2.24) is 4.57 Å². The third-order valence-electron chi connectivity index (χ3n) is 4.01. The number of carbonyl (C=O) groups is 1. The molecule has 0 aliphatic heterocycles. The van der Waals surface area contributed by atoms with Gasteiger partial charge in [-0.05, 0) is 29.7 Å². The number of nitrogen functional groups attached to an aromatic ring is 1. The SMILES string of the molecule is COC(=O)c1c(N)c(C#N)cn1-c1ccc(Cc2ccccc2)cc1. The number of carbonyl (C=O) groups excluding carboxylic acids is 1. The van der Waals surface area contributed by atoms with Gasteiger partial charge in [0.25, 0.3) is 0 Å². The van der Waals surface area contributed by atoms with Gasteiger partial charge in [-0.25, -0.2) is 4.79 Å². The fraction of sp³-hybridized carbons (Fsp3) is 0.100. The van der Waals surface area contributed by atoms with Crippen LogP contribution in [0.4, 0.5) is 5.69 Å². The number of ether oxygens (including phenoxy) is 1. The van der Waals surface area contributed by atoms with Crippen molar-refractivity contribution >= 4 is 11.7 Å². The summed E-state index contributed by atoms with van der Waals surface area (Å²) < 4.78 is 6.38. The molecule has 0 bridgehead atoms. The van der Waals surface area contributed by atoms with Crippen LogP contribution in [0.1, 0.15) is 27.2 Å². The summed E-state index contributed by atoms with van der Waals surface area (Å²) in [4.78, 5) is 12.0. The first-order valence-electron chi connectivity index (χ1n) is 7.76. The van der Waals surface area contributed by atoms with Gasteiger partial charge in [-0.3, -0.25) is 0 Å². The lowest BCUT2D eigenvalue weighted by molar-refractivity contribution is 0.0593. The summed E-state index contributed by atoms with van der Waals surface area (Å²) in [7, 11) is 1.29. The van der Waals surface area contributed by atoms with Gasteiger partial charge < -0.3 is 15.0 Å². The van der Waals surface area contributed by atoms with Gasteiger partial charge in [-0.15, -0.1) is 0 Å². The first-order valence-corrected chi connectivity index (χ1v) is 7.76. The largest absolute Gasteiger partial charge is 0.464 e. The zero-order chi connectivity index (χ0) is 17.8. The highest BCUT2D eigenvalue weighted by atomic mass is 16.5. The van der Waals surface area contributed by atoms with Crippen molar-refractivity contribution in [2.75, 3.05) is 12.8 Å². The topological polar surface area (TPSA) is 81.0 Å². The van der Waals surface area contributed by atoms with Crippen LogP contribution in [-0.2, 0) is 11.2 Å². The molecule has 0 unspecified atom stereocenters. The maximum atomic E-state index is 12.0. The molecule has 2 N–H and O–H groups in total. The van der Waals surface area contributed by atoms with Crippen LogP contribution in [0.15, 0.2) is 60.8 Å². The van der Waals surface area contributed by atoms with Crippen LogP contribution in [0.2, 0.25) is 0 Å². The molecule has 5 heteroatoms. The average molecular weight is 331 g/mol. The third kappa shape index (κ3) is 3.24. The molecule has 0 aliphatic rings. The summed E-state index contributed by atoms with van der Waals surface area (Å²) in [5, 5.41) is 9.17. The van der Waals surface area contributed by atoms with Crippen molar-refractivity contribution in [2.24, 2.45) is 0 Å². The van der Waals surface area contributed by atoms with Crippen molar-refractivity contribution in [3.8, 4) is 11.8 Å². The number of esters is 1. The Morgan fingerprint density at radius 1 is 1.12 bits per heavy atom. The highest BCUT2D eigenvalue weighted by Crippen LogP contribution is 2.25. The van der Waals surface area contributed by atoms with Crippen LogP contribution in [0.5, 0.6) is 0 Å². The van der Waals surface area contributed by atoms with E-state index in [-0.39, 0.29) is 16.9 Å². The second-order valence-corrected chi connectivity index (χ2v) is 5.61. The molecule has 0 atom stereocenters. The van der Waals surface area contributed by atoms with Gasteiger partial charge in [0.2, 0.25) is 0 Å². The first kappa shape index (κ1) is 16.3. The number of aromatic nitrogens is 1. The van der Waals surface area contributed by atoms with Crippen molar-refractivity contribution in [1.29, 1.82) is 5.26 Å². The van der Waals surface area contributed by atoms with E-state index in [9.17, 15) is 10.1 Å². The Balaban J connectivity index is 1.95. The number of rotatable bonds is 4. The van der Waals surface area contributed by atoms with E-state index in [0.29, 0.717) is 0 Å². The van der Waals surface area contributed by atoms with E-state index in [4.69, 9.17) is 10.5 Å². The zero-order valence-corrected chi connectivity index (χ0v) is 13.8. The molecule has 0 aliphatic carbocycles. The molecule has 0 saturated carbocycles. The van der Waals surface area contributed by atoms with Gasteiger partial charge in [0.15, 0.2) is 5.69 Å². The normalized spacial score (nSPS) is 10.2. The molecule has 0 radical (unpaired) electrons. The number of nitriles is 1. The third-order valence-corrected chi connectivity index (χ3v) is 4.01. The highest BCUT2D eigenvalue weighted by Gasteiger charge is 2.21. The molecule has 1 aromatic heterocycles. The number of nitrogens with two attached hydrogens (primary N) is 1. The number of nitrogens with zero attached hydrogens (tertiary/aromatic N) is 2. The van der Waals surface area contributed by atoms with Crippen LogP contribution >= 0.6 is 0 Å². The van der Waals surface area contributed by atoms with E-state index >= 15 is 0 Å². The summed E-state index contributed by atoms with van der Waals surface area (Å²) in [6.45, 7) is 0. The van der Waals surface area contributed by atoms with Crippen LogP contribution in [-0.4, -0.2) is 17.6 Å². The van der Waals surface area contributed by atoms with E-state index in [2.05, 4.69) is 12.1 Å². The number of hydrogen-bond donors (Lipinski definition) is 1. The number of hydrogen-bond acceptors (Lipinski definition) is 4. The second kappa shape index (κ2) is 6.93. The lowest BCUT2D eigenvalue weighted by atomic mass is 10.0. The minimum Gasteiger partial charge on any atom is -0.464 e. The van der Waals surface area contributed by atoms with Gasteiger partial charge in [-0.1, -0.05) is 42.5 Å². The Kier molecular flexibility index (Phi) is 4.53. The Bertz CT molecular complexity index is 936. The predicted octanol–water partition coefficient (Wildman–Crippen LogP) is 3.31. The van der Waals surface area contributed by atoms with Crippen molar-refractivity contribution < 1.29 is 9.53 Å². The Morgan fingerprint density at radius 2 is 1.76 bits per heavy atom. The van der Waals surface area contributed by atoms with E-state index in [0.717, 1.165) is 17.7 Å². The Morgan fingerprint density at radius 3 is 2.36 bits per heavy atom. The minimum atomic E-state index is -0.577. The summed E-state index contributed by atoms with van der Waals surface area (Å²) in [5.41, 5.74) is 9.56. The lowest BCUT2D eigenvalue weighted by Gasteiger charge is -2.09. The van der Waals surface area contributed by atoms with E-state index in [1.165, 1.54) is 12.7 Å². The van der Waals surface area contributed by atoms with Gasteiger partial charge in [0.1, 0.15) is 6.07 Å². The number of anilines is 1. The van der Waals surface area contributed by atoms with Crippen LogP contribution in [0.25, 0.3) is 5.69 Å². The molecule has 1 heterocycles. The molecule has 2 aromatic carbocycles. The smallest absolute Gasteiger partial charge is 0.357 e. The standard InChI is InChI=1S/C20H17N3O2/c1-25-20(24)19-18(22)16(12-21)13-23(19)17-9-7-15(8-10-17)11-14-5-3-2-4-6-14/h2-10,13H,11,22H2,1H3. The van der Waals surface area contributed by atoms with Gasteiger partial charge in [0.05, 0.1) is 18.4 Å². The van der Waals surface area contributed by atoms with Gasteiger partial charge >= 0.3 is 5.97 Å². The molecule has 0 saturated heterocycles. The quantitative estimate of drug-likeness (QED) is 0.744. The maximum absolute atomic E-state index is 12.0. The number of benzene rings is 2. The molecule has 5 nitrogen and oxygen atoms in total. The second-order valence-electron chi connectivity index (χ2n) is 5.61. The van der Waals surface area contributed by atoms with Gasteiger partial charge in [-0.2, -0.15) is 5.26 Å². The van der Waals surface area contributed by atoms with Crippen LogP contribution < -0.4 is 5.73 Å². The first-order chi connectivity index (χ1) is 12.1.